The van der Waals surface area contributed by atoms with Gasteiger partial charge in [-0.1, -0.05) is 6.92 Å². The molecule has 14 heavy (non-hydrogen) atoms. The first-order valence-corrected chi connectivity index (χ1v) is 5.95. The molecule has 2 bridgehead atoms. The van der Waals surface area contributed by atoms with Gasteiger partial charge in [0, 0.05) is 6.04 Å². The van der Waals surface area contributed by atoms with Crippen molar-refractivity contribution in [3.63, 3.8) is 0 Å². The second kappa shape index (κ2) is 3.49. The second-order valence-electron chi connectivity index (χ2n) is 5.86. The van der Waals surface area contributed by atoms with E-state index in [2.05, 4.69) is 6.92 Å². The summed E-state index contributed by atoms with van der Waals surface area (Å²) in [6.07, 6.45) is 6.14. The fourth-order valence-electron chi connectivity index (χ4n) is 3.54. The zero-order chi connectivity index (χ0) is 10.3. The molecule has 0 heterocycles. The van der Waals surface area contributed by atoms with E-state index in [0.717, 1.165) is 18.3 Å². The van der Waals surface area contributed by atoms with Gasteiger partial charge in [0.1, 0.15) is 0 Å². The van der Waals surface area contributed by atoms with Gasteiger partial charge in [0.15, 0.2) is 0 Å². The van der Waals surface area contributed by atoms with E-state index < -0.39 is 0 Å². The third kappa shape index (κ3) is 1.70. The molecule has 5 atom stereocenters. The van der Waals surface area contributed by atoms with E-state index >= 15 is 0 Å². The molecule has 2 fully saturated rings. The number of aliphatic hydroxyl groups excluding tert-OH is 1. The summed E-state index contributed by atoms with van der Waals surface area (Å²) in [5.74, 6) is 1.67. The minimum absolute atomic E-state index is 0.0715. The zero-order valence-corrected chi connectivity index (χ0v) is 9.37. The third-order valence-corrected chi connectivity index (χ3v) is 4.62. The molecule has 2 saturated carbocycles. The van der Waals surface area contributed by atoms with E-state index in [1.807, 2.05) is 6.92 Å². The minimum atomic E-state index is -0.295. The van der Waals surface area contributed by atoms with Crippen molar-refractivity contribution in [2.75, 3.05) is 0 Å². The largest absolute Gasteiger partial charge is 0.392 e. The topological polar surface area (TPSA) is 46.2 Å². The summed E-state index contributed by atoms with van der Waals surface area (Å²) < 4.78 is 0. The summed E-state index contributed by atoms with van der Waals surface area (Å²) in [6, 6.07) is -0.0715. The van der Waals surface area contributed by atoms with Crippen LogP contribution in [0.15, 0.2) is 0 Å². The molecule has 0 spiro atoms. The molecule has 3 N–H and O–H groups in total. The highest BCUT2D eigenvalue weighted by Gasteiger charge is 2.48. The summed E-state index contributed by atoms with van der Waals surface area (Å²) >= 11 is 0. The predicted octanol–water partition coefficient (Wildman–Crippen LogP) is 1.91. The van der Waals surface area contributed by atoms with Crippen LogP contribution in [0.4, 0.5) is 0 Å². The molecule has 0 aliphatic heterocycles. The van der Waals surface area contributed by atoms with E-state index in [1.54, 1.807) is 0 Å². The Morgan fingerprint density at radius 2 is 2.29 bits per heavy atom. The minimum Gasteiger partial charge on any atom is -0.392 e. The molecule has 0 aromatic rings. The maximum atomic E-state index is 9.80. The first-order valence-electron chi connectivity index (χ1n) is 5.95. The molecule has 0 aromatic carbocycles. The lowest BCUT2D eigenvalue weighted by molar-refractivity contribution is 0.0808. The van der Waals surface area contributed by atoms with Crippen molar-refractivity contribution in [1.29, 1.82) is 0 Å². The van der Waals surface area contributed by atoms with Crippen LogP contribution in [-0.4, -0.2) is 17.3 Å². The molecule has 0 radical (unpaired) electrons. The molecule has 2 heteroatoms. The van der Waals surface area contributed by atoms with Gasteiger partial charge in [-0.15, -0.1) is 0 Å². The van der Waals surface area contributed by atoms with Gasteiger partial charge < -0.3 is 10.8 Å². The molecular weight excluding hydrogens is 174 g/mol. The van der Waals surface area contributed by atoms with Gasteiger partial charge in [0.2, 0.25) is 0 Å². The van der Waals surface area contributed by atoms with Crippen molar-refractivity contribution < 1.29 is 5.11 Å². The highest BCUT2D eigenvalue weighted by Crippen LogP contribution is 2.58. The van der Waals surface area contributed by atoms with Crippen LogP contribution < -0.4 is 5.73 Å². The zero-order valence-electron chi connectivity index (χ0n) is 9.37. The molecule has 2 aliphatic rings. The van der Waals surface area contributed by atoms with Crippen LogP contribution in [0.2, 0.25) is 0 Å². The summed E-state index contributed by atoms with van der Waals surface area (Å²) in [4.78, 5) is 0. The SMILES string of the molecule is C[C@@H](N)[C@H](O)C[C@@H]1CC2CC[C@@]1(C)C2. The van der Waals surface area contributed by atoms with Crippen molar-refractivity contribution in [1.82, 2.24) is 0 Å². The molecule has 2 rings (SSSR count). The van der Waals surface area contributed by atoms with Crippen LogP contribution in [0.1, 0.15) is 46.0 Å². The Balaban J connectivity index is 1.94. The summed E-state index contributed by atoms with van der Waals surface area (Å²) in [5, 5.41) is 9.80. The van der Waals surface area contributed by atoms with E-state index in [4.69, 9.17) is 5.73 Å². The summed E-state index contributed by atoms with van der Waals surface area (Å²) in [6.45, 7) is 4.30. The third-order valence-electron chi connectivity index (χ3n) is 4.62. The van der Waals surface area contributed by atoms with Crippen molar-refractivity contribution in [3.8, 4) is 0 Å². The fourth-order valence-corrected chi connectivity index (χ4v) is 3.54. The average Bonchev–Trinajstić information content (AvgIpc) is 2.59. The molecule has 82 valence electrons. The molecule has 0 amide bonds. The van der Waals surface area contributed by atoms with Crippen LogP contribution >= 0.6 is 0 Å². The lowest BCUT2D eigenvalue weighted by Gasteiger charge is -2.33. The standard InChI is InChI=1S/C12H23NO/c1-8(13)11(14)6-10-5-9-3-4-12(10,2)7-9/h8-11,14H,3-7,13H2,1-2H3/t8-,9?,10+,11-,12+/m1/s1. The molecule has 0 saturated heterocycles. The Kier molecular flexibility index (Phi) is 2.61. The van der Waals surface area contributed by atoms with Crippen LogP contribution in [0.3, 0.4) is 0 Å². The Labute approximate surface area is 86.9 Å². The Morgan fingerprint density at radius 1 is 1.57 bits per heavy atom. The van der Waals surface area contributed by atoms with Crippen LogP contribution in [0.5, 0.6) is 0 Å². The van der Waals surface area contributed by atoms with E-state index in [1.165, 1.54) is 25.7 Å². The van der Waals surface area contributed by atoms with Gasteiger partial charge in [-0.05, 0) is 56.3 Å². The number of hydrogen-bond donors (Lipinski definition) is 2. The monoisotopic (exact) mass is 197 g/mol. The summed E-state index contributed by atoms with van der Waals surface area (Å²) in [5.41, 5.74) is 6.23. The van der Waals surface area contributed by atoms with Crippen molar-refractivity contribution >= 4 is 0 Å². The highest BCUT2D eigenvalue weighted by molar-refractivity contribution is 4.99. The van der Waals surface area contributed by atoms with Gasteiger partial charge in [0.25, 0.3) is 0 Å². The number of fused-ring (bicyclic) bond motifs is 2. The number of aliphatic hydroxyl groups is 1. The van der Waals surface area contributed by atoms with Crippen molar-refractivity contribution in [2.24, 2.45) is 23.0 Å². The molecule has 1 unspecified atom stereocenters. The fraction of sp³-hybridized carbons (Fsp3) is 1.00. The number of hydrogen-bond acceptors (Lipinski definition) is 2. The van der Waals surface area contributed by atoms with E-state index in [0.29, 0.717) is 5.41 Å². The normalized spacial score (nSPS) is 45.4. The Hall–Kier alpha value is -0.0800. The van der Waals surface area contributed by atoms with E-state index in [-0.39, 0.29) is 12.1 Å². The first kappa shape index (κ1) is 10.4. The van der Waals surface area contributed by atoms with Gasteiger partial charge in [0.05, 0.1) is 6.10 Å². The maximum absolute atomic E-state index is 9.80. The Morgan fingerprint density at radius 3 is 2.71 bits per heavy atom. The number of rotatable bonds is 3. The molecule has 2 aliphatic carbocycles. The first-order chi connectivity index (χ1) is 6.51. The molecule has 2 nitrogen and oxygen atoms in total. The second-order valence-corrected chi connectivity index (χ2v) is 5.86. The molecular formula is C12H23NO. The van der Waals surface area contributed by atoms with Crippen LogP contribution in [-0.2, 0) is 0 Å². The highest BCUT2D eigenvalue weighted by atomic mass is 16.3. The predicted molar refractivity (Wildman–Crippen MR) is 57.8 cm³/mol. The smallest absolute Gasteiger partial charge is 0.0691 e. The van der Waals surface area contributed by atoms with Gasteiger partial charge in [-0.2, -0.15) is 0 Å². The summed E-state index contributed by atoms with van der Waals surface area (Å²) in [7, 11) is 0. The van der Waals surface area contributed by atoms with Crippen molar-refractivity contribution in [2.45, 2.75) is 58.1 Å². The average molecular weight is 197 g/mol. The number of nitrogens with two attached hydrogens (primary N) is 1. The van der Waals surface area contributed by atoms with Crippen molar-refractivity contribution in [3.05, 3.63) is 0 Å². The van der Waals surface area contributed by atoms with Gasteiger partial charge in [-0.25, -0.2) is 0 Å². The Bertz CT molecular complexity index is 216. The van der Waals surface area contributed by atoms with Gasteiger partial charge in [-0.3, -0.25) is 0 Å². The molecule has 0 aromatic heterocycles. The van der Waals surface area contributed by atoms with Gasteiger partial charge >= 0.3 is 0 Å². The maximum Gasteiger partial charge on any atom is 0.0691 e. The quantitative estimate of drug-likeness (QED) is 0.726. The lowest BCUT2D eigenvalue weighted by Crippen LogP contribution is -2.36. The lowest BCUT2D eigenvalue weighted by atomic mass is 9.73. The van der Waals surface area contributed by atoms with Crippen LogP contribution in [0, 0.1) is 17.3 Å². The van der Waals surface area contributed by atoms with Crippen LogP contribution in [0.25, 0.3) is 0 Å². The van der Waals surface area contributed by atoms with E-state index in [9.17, 15) is 5.11 Å².